The van der Waals surface area contributed by atoms with Crippen LogP contribution in [0.3, 0.4) is 0 Å². The fourth-order valence-corrected chi connectivity index (χ4v) is 3.08. The summed E-state index contributed by atoms with van der Waals surface area (Å²) in [6.45, 7) is 1.97. The van der Waals surface area contributed by atoms with Crippen molar-refractivity contribution in [2.24, 2.45) is 0 Å². The van der Waals surface area contributed by atoms with Gasteiger partial charge in [-0.1, -0.05) is 35.9 Å². The first-order valence-electron chi connectivity index (χ1n) is 9.22. The third-order valence-electron chi connectivity index (χ3n) is 4.56. The highest BCUT2D eigenvalue weighted by Gasteiger charge is 2.16. The van der Waals surface area contributed by atoms with Crippen LogP contribution < -0.4 is 15.6 Å². The van der Waals surface area contributed by atoms with Gasteiger partial charge in [-0.2, -0.15) is 4.98 Å². The van der Waals surface area contributed by atoms with Gasteiger partial charge < -0.3 is 9.72 Å². The number of amides is 1. The lowest BCUT2D eigenvalue weighted by Gasteiger charge is -2.05. The second-order valence-electron chi connectivity index (χ2n) is 6.65. The Hall–Kier alpha value is -4.20. The first-order chi connectivity index (χ1) is 14.5. The number of rotatable bonds is 5. The van der Waals surface area contributed by atoms with Gasteiger partial charge in [0, 0.05) is 5.69 Å². The van der Waals surface area contributed by atoms with Crippen molar-refractivity contribution < 1.29 is 9.53 Å². The molecule has 0 saturated carbocycles. The van der Waals surface area contributed by atoms with E-state index in [1.54, 1.807) is 19.2 Å². The number of nitrogens with zero attached hydrogens (tertiary/aromatic N) is 2. The lowest BCUT2D eigenvalue weighted by molar-refractivity contribution is 0.102. The Kier molecular flexibility index (Phi) is 5.13. The molecule has 0 spiro atoms. The van der Waals surface area contributed by atoms with E-state index >= 15 is 0 Å². The summed E-state index contributed by atoms with van der Waals surface area (Å²) < 4.78 is 5.31. The van der Waals surface area contributed by atoms with Gasteiger partial charge >= 0.3 is 0 Å². The number of nitrogens with one attached hydrogen (secondary N) is 3. The minimum atomic E-state index is -0.599. The number of para-hydroxylation sites is 1. The number of H-pyrrole nitrogens is 2. The van der Waals surface area contributed by atoms with Gasteiger partial charge in [0.15, 0.2) is 5.82 Å². The highest BCUT2D eigenvalue weighted by atomic mass is 16.5. The molecule has 2 aromatic carbocycles. The highest BCUT2D eigenvalue weighted by molar-refractivity contribution is 6.03. The molecule has 0 unspecified atom stereocenters. The Morgan fingerprint density at radius 1 is 1.07 bits per heavy atom. The number of aryl methyl sites for hydroxylation is 1. The molecular formula is C22H19N5O3. The average Bonchev–Trinajstić information content (AvgIpc) is 3.21. The summed E-state index contributed by atoms with van der Waals surface area (Å²) in [5.41, 5.74) is 2.76. The standard InChI is InChI=1S/C22H19N5O3/c1-13-6-5-7-14(12-13)17-11-10-16(20(28)23-17)21(29)25-22-24-19(26-27-22)15-8-3-4-9-18(15)30-2/h3-12H,1-2H3,(H,23,28)(H2,24,25,26,27,29). The molecule has 2 heterocycles. The van der Waals surface area contributed by atoms with Crippen molar-refractivity contribution in [1.29, 1.82) is 0 Å². The van der Waals surface area contributed by atoms with Crippen molar-refractivity contribution in [2.75, 3.05) is 12.4 Å². The quantitative estimate of drug-likeness (QED) is 0.474. The zero-order valence-corrected chi connectivity index (χ0v) is 16.4. The van der Waals surface area contributed by atoms with Crippen LogP contribution in [-0.4, -0.2) is 33.2 Å². The number of benzene rings is 2. The Balaban J connectivity index is 1.55. The molecule has 0 saturated heterocycles. The zero-order chi connectivity index (χ0) is 21.1. The molecule has 0 aliphatic carbocycles. The molecular weight excluding hydrogens is 382 g/mol. The number of ether oxygens (including phenoxy) is 1. The minimum Gasteiger partial charge on any atom is -0.496 e. The zero-order valence-electron chi connectivity index (χ0n) is 16.4. The summed E-state index contributed by atoms with van der Waals surface area (Å²) in [4.78, 5) is 32.0. The second-order valence-corrected chi connectivity index (χ2v) is 6.65. The molecule has 0 fully saturated rings. The third kappa shape index (κ3) is 3.83. The number of carbonyl (C=O) groups is 1. The second kappa shape index (κ2) is 8.04. The molecule has 150 valence electrons. The van der Waals surface area contributed by atoms with Crippen LogP contribution in [0.4, 0.5) is 5.95 Å². The molecule has 0 bridgehead atoms. The van der Waals surface area contributed by atoms with E-state index in [9.17, 15) is 9.59 Å². The molecule has 2 aromatic heterocycles. The normalized spacial score (nSPS) is 10.6. The maximum atomic E-state index is 12.6. The fraction of sp³-hybridized carbons (Fsp3) is 0.0909. The van der Waals surface area contributed by atoms with Gasteiger partial charge in [0.1, 0.15) is 11.3 Å². The van der Waals surface area contributed by atoms with E-state index in [4.69, 9.17) is 4.74 Å². The van der Waals surface area contributed by atoms with E-state index in [0.717, 1.165) is 11.1 Å². The number of carbonyl (C=O) groups excluding carboxylic acids is 1. The molecule has 30 heavy (non-hydrogen) atoms. The van der Waals surface area contributed by atoms with Crippen LogP contribution in [-0.2, 0) is 0 Å². The predicted octanol–water partition coefficient (Wildman–Crippen LogP) is 3.40. The summed E-state index contributed by atoms with van der Waals surface area (Å²) in [6, 6.07) is 18.2. The van der Waals surface area contributed by atoms with Gasteiger partial charge in [-0.15, -0.1) is 5.10 Å². The molecule has 0 radical (unpaired) electrons. The largest absolute Gasteiger partial charge is 0.496 e. The van der Waals surface area contributed by atoms with E-state index in [-0.39, 0.29) is 11.5 Å². The molecule has 4 rings (SSSR count). The first kappa shape index (κ1) is 19.1. The summed E-state index contributed by atoms with van der Waals surface area (Å²) in [6.07, 6.45) is 0. The topological polar surface area (TPSA) is 113 Å². The Bertz CT molecular complexity index is 1280. The smallest absolute Gasteiger partial charge is 0.263 e. The van der Waals surface area contributed by atoms with Crippen molar-refractivity contribution in [3.8, 4) is 28.4 Å². The maximum Gasteiger partial charge on any atom is 0.263 e. The van der Waals surface area contributed by atoms with E-state index in [0.29, 0.717) is 22.8 Å². The Labute approximate surface area is 172 Å². The van der Waals surface area contributed by atoms with Gasteiger partial charge in [0.05, 0.1) is 12.7 Å². The SMILES string of the molecule is COc1ccccc1-c1nc(NC(=O)c2ccc(-c3cccc(C)c3)[nH]c2=O)n[nH]1. The van der Waals surface area contributed by atoms with Crippen LogP contribution >= 0.6 is 0 Å². The van der Waals surface area contributed by atoms with Crippen molar-refractivity contribution >= 4 is 11.9 Å². The number of pyridine rings is 1. The monoisotopic (exact) mass is 401 g/mol. The van der Waals surface area contributed by atoms with Crippen molar-refractivity contribution in [3.05, 3.63) is 82.1 Å². The summed E-state index contributed by atoms with van der Waals surface area (Å²) in [5, 5.41) is 9.31. The lowest BCUT2D eigenvalue weighted by atomic mass is 10.1. The van der Waals surface area contributed by atoms with Crippen molar-refractivity contribution in [3.63, 3.8) is 0 Å². The maximum absolute atomic E-state index is 12.6. The summed E-state index contributed by atoms with van der Waals surface area (Å²) >= 11 is 0. The minimum absolute atomic E-state index is 0.0324. The Morgan fingerprint density at radius 2 is 1.90 bits per heavy atom. The summed E-state index contributed by atoms with van der Waals surface area (Å²) in [7, 11) is 1.56. The van der Waals surface area contributed by atoms with Gasteiger partial charge in [0.25, 0.3) is 11.5 Å². The van der Waals surface area contributed by atoms with Crippen LogP contribution in [0.2, 0.25) is 0 Å². The van der Waals surface area contributed by atoms with E-state index in [1.807, 2.05) is 49.4 Å². The van der Waals surface area contributed by atoms with Gasteiger partial charge in [-0.25, -0.2) is 0 Å². The number of hydrogen-bond donors (Lipinski definition) is 3. The molecule has 0 aliphatic heterocycles. The number of aromatic nitrogens is 4. The predicted molar refractivity (Wildman–Crippen MR) is 114 cm³/mol. The van der Waals surface area contributed by atoms with Gasteiger partial charge in [0.2, 0.25) is 5.95 Å². The van der Waals surface area contributed by atoms with E-state index < -0.39 is 11.5 Å². The van der Waals surface area contributed by atoms with Crippen LogP contribution in [0.5, 0.6) is 5.75 Å². The van der Waals surface area contributed by atoms with Crippen molar-refractivity contribution in [1.82, 2.24) is 20.2 Å². The van der Waals surface area contributed by atoms with Crippen molar-refractivity contribution in [2.45, 2.75) is 6.92 Å². The van der Waals surface area contributed by atoms with E-state index in [1.165, 1.54) is 6.07 Å². The van der Waals surface area contributed by atoms with Crippen LogP contribution in [0.25, 0.3) is 22.6 Å². The van der Waals surface area contributed by atoms with Gasteiger partial charge in [-0.05, 0) is 42.8 Å². The lowest BCUT2D eigenvalue weighted by Crippen LogP contribution is -2.23. The van der Waals surface area contributed by atoms with Crippen LogP contribution in [0, 0.1) is 6.92 Å². The fourth-order valence-electron chi connectivity index (χ4n) is 3.08. The number of aromatic amines is 2. The molecule has 0 atom stereocenters. The molecule has 8 nitrogen and oxygen atoms in total. The van der Waals surface area contributed by atoms with Gasteiger partial charge in [-0.3, -0.25) is 20.0 Å². The van der Waals surface area contributed by atoms with Crippen LogP contribution in [0.15, 0.2) is 65.5 Å². The number of hydrogen-bond acceptors (Lipinski definition) is 5. The molecule has 8 heteroatoms. The van der Waals surface area contributed by atoms with E-state index in [2.05, 4.69) is 25.5 Å². The molecule has 1 amide bonds. The Morgan fingerprint density at radius 3 is 2.67 bits per heavy atom. The average molecular weight is 401 g/mol. The molecule has 3 N–H and O–H groups in total. The number of anilines is 1. The molecule has 0 aliphatic rings. The number of methoxy groups -OCH3 is 1. The third-order valence-corrected chi connectivity index (χ3v) is 4.56. The van der Waals surface area contributed by atoms with Crippen LogP contribution in [0.1, 0.15) is 15.9 Å². The highest BCUT2D eigenvalue weighted by Crippen LogP contribution is 2.27. The first-order valence-corrected chi connectivity index (χ1v) is 9.22. The molecule has 4 aromatic rings. The summed E-state index contributed by atoms with van der Waals surface area (Å²) in [5.74, 6) is 0.516.